The van der Waals surface area contributed by atoms with E-state index < -0.39 is 0 Å². The summed E-state index contributed by atoms with van der Waals surface area (Å²) in [5, 5.41) is 0. The quantitative estimate of drug-likeness (QED) is 0.352. The van der Waals surface area contributed by atoms with E-state index in [1.807, 2.05) is 19.2 Å². The van der Waals surface area contributed by atoms with Crippen molar-refractivity contribution in [3.63, 3.8) is 0 Å². The summed E-state index contributed by atoms with van der Waals surface area (Å²) >= 11 is 2.31. The number of benzene rings is 2. The minimum absolute atomic E-state index is 0. The number of hydrogen-bond donors (Lipinski definition) is 0. The normalized spacial score (nSPS) is 10.3. The summed E-state index contributed by atoms with van der Waals surface area (Å²) in [6, 6.07) is 19.5. The third kappa shape index (κ3) is 4.09. The minimum atomic E-state index is -0.211. The van der Waals surface area contributed by atoms with E-state index in [1.165, 1.54) is 26.8 Å². The fraction of sp³-hybridized carbons (Fsp3) is 0.105. The summed E-state index contributed by atoms with van der Waals surface area (Å²) in [6.07, 6.45) is 0. The van der Waals surface area contributed by atoms with Gasteiger partial charge in [-0.25, -0.2) is 4.39 Å². The second-order valence-corrected chi connectivity index (χ2v) is 6.59. The molecule has 0 aliphatic heterocycles. The van der Waals surface area contributed by atoms with Crippen LogP contribution in [0.25, 0.3) is 22.4 Å². The zero-order valence-electron chi connectivity index (χ0n) is 12.9. The van der Waals surface area contributed by atoms with Crippen molar-refractivity contribution < 1.29 is 32.9 Å². The molecule has 4 heteroatoms. The lowest BCUT2D eigenvalue weighted by Gasteiger charge is -2.08. The van der Waals surface area contributed by atoms with Crippen LogP contribution in [0.2, 0.25) is 0 Å². The van der Waals surface area contributed by atoms with Gasteiger partial charge in [0, 0.05) is 28.2 Å². The smallest absolute Gasteiger partial charge is 0.213 e. The van der Waals surface area contributed by atoms with Gasteiger partial charge in [0.2, 0.25) is 5.69 Å². The maximum atomic E-state index is 13.2. The highest BCUT2D eigenvalue weighted by Gasteiger charge is 2.15. The molecule has 0 aliphatic rings. The molecule has 0 fully saturated rings. The number of nitrogens with zero attached hydrogens (tertiary/aromatic N) is 1. The van der Waals surface area contributed by atoms with Crippen LogP contribution in [0.5, 0.6) is 0 Å². The summed E-state index contributed by atoms with van der Waals surface area (Å²) in [5.41, 5.74) is 5.61. The van der Waals surface area contributed by atoms with Crippen molar-refractivity contribution in [2.75, 3.05) is 0 Å². The average molecular weight is 531 g/mol. The van der Waals surface area contributed by atoms with Crippen molar-refractivity contribution in [2.24, 2.45) is 7.05 Å². The van der Waals surface area contributed by atoms with Crippen molar-refractivity contribution in [1.29, 1.82) is 0 Å². The van der Waals surface area contributed by atoms with Gasteiger partial charge in [0.15, 0.2) is 5.69 Å². The topological polar surface area (TPSA) is 3.88 Å². The lowest BCUT2D eigenvalue weighted by Crippen LogP contribution is -3.00. The Morgan fingerprint density at radius 2 is 1.39 bits per heavy atom. The summed E-state index contributed by atoms with van der Waals surface area (Å²) in [6.45, 7) is 2.09. The van der Waals surface area contributed by atoms with Crippen LogP contribution in [0, 0.1) is 16.3 Å². The molecule has 1 heterocycles. The molecule has 0 N–H and O–H groups in total. The van der Waals surface area contributed by atoms with Gasteiger partial charge in [0.25, 0.3) is 0 Å². The molecule has 0 spiro atoms. The van der Waals surface area contributed by atoms with Crippen molar-refractivity contribution in [3.05, 3.63) is 75.7 Å². The van der Waals surface area contributed by atoms with Crippen LogP contribution >= 0.6 is 22.6 Å². The van der Waals surface area contributed by atoms with E-state index in [1.54, 1.807) is 0 Å². The molecule has 0 aliphatic carbocycles. The zero-order chi connectivity index (χ0) is 15.7. The average Bonchev–Trinajstić information content (AvgIpc) is 2.52. The van der Waals surface area contributed by atoms with Crippen molar-refractivity contribution in [3.8, 4) is 22.4 Å². The molecule has 0 radical (unpaired) electrons. The Balaban J connectivity index is 0.00000192. The molecule has 0 atom stereocenters. The monoisotopic (exact) mass is 531 g/mol. The Morgan fingerprint density at radius 1 is 0.826 bits per heavy atom. The van der Waals surface area contributed by atoms with E-state index in [4.69, 9.17) is 0 Å². The molecule has 1 nitrogen and oxygen atoms in total. The van der Waals surface area contributed by atoms with E-state index in [0.29, 0.717) is 0 Å². The summed E-state index contributed by atoms with van der Waals surface area (Å²) in [5.74, 6) is -0.211. The van der Waals surface area contributed by atoms with Gasteiger partial charge in [-0.1, -0.05) is 12.1 Å². The first-order chi connectivity index (χ1) is 10.5. The van der Waals surface area contributed by atoms with Crippen LogP contribution in [0.4, 0.5) is 4.39 Å². The predicted octanol–water partition coefficient (Wildman–Crippen LogP) is 1.90. The van der Waals surface area contributed by atoms with E-state index >= 15 is 0 Å². The second kappa shape index (κ2) is 7.70. The lowest BCUT2D eigenvalue weighted by molar-refractivity contribution is -0.666. The fourth-order valence-electron chi connectivity index (χ4n) is 2.50. The van der Waals surface area contributed by atoms with Gasteiger partial charge >= 0.3 is 0 Å². The molecular weight excluding hydrogens is 515 g/mol. The van der Waals surface area contributed by atoms with E-state index in [-0.39, 0.29) is 29.8 Å². The number of hydrogen-bond acceptors (Lipinski definition) is 0. The van der Waals surface area contributed by atoms with Gasteiger partial charge in [0.05, 0.1) is 0 Å². The molecule has 0 unspecified atom stereocenters. The van der Waals surface area contributed by atoms with Crippen molar-refractivity contribution >= 4 is 22.6 Å². The molecule has 118 valence electrons. The van der Waals surface area contributed by atoms with Gasteiger partial charge in [-0.05, 0) is 70.1 Å². The molecular formula is C19H16FI2N. The van der Waals surface area contributed by atoms with Gasteiger partial charge in [-0.2, -0.15) is 4.57 Å². The highest BCUT2D eigenvalue weighted by molar-refractivity contribution is 14.1. The summed E-state index contributed by atoms with van der Waals surface area (Å²) < 4.78 is 16.5. The summed E-state index contributed by atoms with van der Waals surface area (Å²) in [7, 11) is 2.03. The van der Waals surface area contributed by atoms with Gasteiger partial charge in [-0.15, -0.1) is 0 Å². The first-order valence-corrected chi connectivity index (χ1v) is 8.15. The Hall–Kier alpha value is -1.02. The zero-order valence-corrected chi connectivity index (χ0v) is 17.2. The minimum Gasteiger partial charge on any atom is -1.00 e. The molecule has 0 amide bonds. The van der Waals surface area contributed by atoms with E-state index in [0.717, 1.165) is 17.0 Å². The van der Waals surface area contributed by atoms with E-state index in [2.05, 4.69) is 70.5 Å². The van der Waals surface area contributed by atoms with Crippen LogP contribution in [-0.4, -0.2) is 0 Å². The number of rotatable bonds is 2. The summed E-state index contributed by atoms with van der Waals surface area (Å²) in [4.78, 5) is 0. The lowest BCUT2D eigenvalue weighted by atomic mass is 10.0. The third-order valence-electron chi connectivity index (χ3n) is 3.86. The van der Waals surface area contributed by atoms with Crippen LogP contribution < -0.4 is 28.5 Å². The number of aryl methyl sites for hydroxylation is 1. The molecule has 2 aromatic carbocycles. The van der Waals surface area contributed by atoms with Crippen LogP contribution in [0.15, 0.2) is 60.7 Å². The highest BCUT2D eigenvalue weighted by atomic mass is 127. The SMILES string of the molecule is Cc1cc(-c2ccc(I)cc2)cc(-c2ccc(F)cc2)[n+]1C.[I-]. The van der Waals surface area contributed by atoms with Crippen LogP contribution in [0.1, 0.15) is 5.69 Å². The predicted molar refractivity (Wildman–Crippen MR) is 95.9 cm³/mol. The standard InChI is InChI=1S/C19H16FIN.HI/c1-13-11-16(14-5-9-18(21)10-6-14)12-19(22(13)2)15-3-7-17(20)8-4-15;/h3-12H,1-2H3;1H/q+1;/p-1. The molecule has 0 saturated heterocycles. The third-order valence-corrected chi connectivity index (χ3v) is 4.58. The molecule has 0 saturated carbocycles. The van der Waals surface area contributed by atoms with Crippen LogP contribution in [0.3, 0.4) is 0 Å². The van der Waals surface area contributed by atoms with Crippen molar-refractivity contribution in [2.45, 2.75) is 6.92 Å². The first-order valence-electron chi connectivity index (χ1n) is 7.07. The fourth-order valence-corrected chi connectivity index (χ4v) is 2.86. The number of halogens is 3. The number of aromatic nitrogens is 1. The Labute approximate surface area is 166 Å². The first kappa shape index (κ1) is 18.3. The largest absolute Gasteiger partial charge is 1.00 e. The molecule has 23 heavy (non-hydrogen) atoms. The van der Waals surface area contributed by atoms with E-state index in [9.17, 15) is 4.39 Å². The van der Waals surface area contributed by atoms with Crippen molar-refractivity contribution in [1.82, 2.24) is 0 Å². The second-order valence-electron chi connectivity index (χ2n) is 5.34. The molecule has 1 aromatic heterocycles. The maximum absolute atomic E-state index is 13.2. The van der Waals surface area contributed by atoms with Gasteiger partial charge in [0.1, 0.15) is 12.9 Å². The Bertz CT molecular complexity index is 812. The Kier molecular flexibility index (Phi) is 6.13. The highest BCUT2D eigenvalue weighted by Crippen LogP contribution is 2.25. The molecule has 3 aromatic rings. The molecule has 3 rings (SSSR count). The molecule has 0 bridgehead atoms. The van der Waals surface area contributed by atoms with Crippen LogP contribution in [-0.2, 0) is 7.05 Å². The van der Waals surface area contributed by atoms with Gasteiger partial charge in [-0.3, -0.25) is 0 Å². The number of pyridine rings is 1. The maximum Gasteiger partial charge on any atom is 0.213 e. The van der Waals surface area contributed by atoms with Gasteiger partial charge < -0.3 is 24.0 Å². The Morgan fingerprint density at radius 3 is 2.00 bits per heavy atom.